The van der Waals surface area contributed by atoms with Crippen molar-refractivity contribution in [3.63, 3.8) is 0 Å². The number of likely N-dealkylation sites (tertiary alicyclic amines) is 1. The molecule has 4 N–H and O–H groups in total. The van der Waals surface area contributed by atoms with Crippen molar-refractivity contribution in [2.75, 3.05) is 53.3 Å². The largest absolute Gasteiger partial charge is 0.497 e. The standard InChI is InChI=1S/C19H29N3O5.C17H19N3O2S.C15H26N2S2.C2H6/c1-3-4-5-6-7-9-14(2)16(17(25)26)22-18(27)19(22)10-8-11-21(19)15(24)12-20-13-23;1-10(2)18-17-20-15(9-23-17)14-8-16(22-4)12-6-5-11(21-3)7-13(12)19-14;1-15(9-5-4-6-10-15)13(16-2)12-17(3)19-14-8-7-11-18-14;1-2/h7,9,13-14,16H,3-6,8,10-12H2,1-2H3,(H,20,23)(H,25,26);5-10H,1-4H3,(H,18,20);7-8,11,13,16H,4-6,9-10,12H2,1-3H3;1-2H3/b9-7-;;;. The molecule has 0 radical (unpaired) electrons. The van der Waals surface area contributed by atoms with Gasteiger partial charge >= 0.3 is 5.97 Å². The molecule has 2 aliphatic heterocycles. The van der Waals surface area contributed by atoms with E-state index in [4.69, 9.17) is 14.5 Å². The number of carbonyl (C=O) groups excluding carboxylic acids is 3. The van der Waals surface area contributed by atoms with E-state index < -0.39 is 17.7 Å². The van der Waals surface area contributed by atoms with E-state index in [0.717, 1.165) is 71.1 Å². The number of pyridine rings is 1. The molecule has 1 saturated carbocycles. The SMILES string of the molecule is CC.CCCCC/C=C\C(C)C(C(=O)O)N1C(=O)C12CCCN2C(=O)CNC=O.CNC(CN(C)Sc1cccs1)C1(C)CCCCC1.COc1ccc2c(OC)cc(-c3csc(NC(C)C)n3)nc2c1. The Labute approximate surface area is 435 Å². The maximum absolute atomic E-state index is 12.7. The highest BCUT2D eigenvalue weighted by Gasteiger charge is 2.72. The molecule has 0 bridgehead atoms. The van der Waals surface area contributed by atoms with Gasteiger partial charge in [0.25, 0.3) is 5.91 Å². The van der Waals surface area contributed by atoms with Crippen LogP contribution in [0.2, 0.25) is 0 Å². The van der Waals surface area contributed by atoms with Gasteiger partial charge in [0.15, 0.2) is 10.8 Å². The number of methoxy groups -OCH3 is 2. The smallest absolute Gasteiger partial charge is 0.327 e. The summed E-state index contributed by atoms with van der Waals surface area (Å²) in [7, 11) is 7.64. The summed E-state index contributed by atoms with van der Waals surface area (Å²) < 4.78 is 14.6. The van der Waals surface area contributed by atoms with Crippen molar-refractivity contribution < 1.29 is 33.8 Å². The fourth-order valence-electron chi connectivity index (χ4n) is 9.40. The number of nitrogens with one attached hydrogen (secondary N) is 3. The van der Waals surface area contributed by atoms with Crippen molar-refractivity contribution in [1.82, 2.24) is 34.7 Å². The molecule has 4 aromatic rings. The predicted molar refractivity (Wildman–Crippen MR) is 291 cm³/mol. The van der Waals surface area contributed by atoms with Gasteiger partial charge in [0.2, 0.25) is 12.3 Å². The minimum absolute atomic E-state index is 0.197. The Morgan fingerprint density at radius 3 is 2.37 bits per heavy atom. The molecule has 3 fully saturated rings. The second kappa shape index (κ2) is 29.1. The number of ether oxygens (including phenoxy) is 2. The maximum Gasteiger partial charge on any atom is 0.327 e. The quantitative estimate of drug-likeness (QED) is 0.0192. The molecule has 4 atom stereocenters. The second-order valence-corrected chi connectivity index (χ2v) is 21.8. The number of thiazole rings is 1. The van der Waals surface area contributed by atoms with Crippen molar-refractivity contribution in [3.8, 4) is 22.9 Å². The molecule has 4 unspecified atom stereocenters. The molecule has 3 amide bonds. The molecule has 3 aliphatic rings. The van der Waals surface area contributed by atoms with Crippen molar-refractivity contribution >= 4 is 74.8 Å². The Kier molecular flexibility index (Phi) is 24.1. The van der Waals surface area contributed by atoms with Crippen molar-refractivity contribution in [3.05, 3.63) is 59.3 Å². The number of carbonyl (C=O) groups is 4. The van der Waals surface area contributed by atoms with Crippen molar-refractivity contribution in [2.24, 2.45) is 11.3 Å². The van der Waals surface area contributed by atoms with E-state index in [1.165, 1.54) is 46.1 Å². The van der Waals surface area contributed by atoms with Crippen LogP contribution < -0.4 is 25.4 Å². The van der Waals surface area contributed by atoms with E-state index in [0.29, 0.717) is 43.3 Å². The van der Waals surface area contributed by atoms with Crippen LogP contribution in [0.5, 0.6) is 11.5 Å². The third-order valence-corrected chi connectivity index (χ3v) is 15.8. The van der Waals surface area contributed by atoms with E-state index in [-0.39, 0.29) is 24.3 Å². The summed E-state index contributed by atoms with van der Waals surface area (Å²) in [6.45, 7) is 15.8. The molecule has 71 heavy (non-hydrogen) atoms. The summed E-state index contributed by atoms with van der Waals surface area (Å²) in [6, 6.07) is 11.9. The van der Waals surface area contributed by atoms with Gasteiger partial charge in [-0.05, 0) is 101 Å². The number of fused-ring (bicyclic) bond motifs is 1. The summed E-state index contributed by atoms with van der Waals surface area (Å²) in [4.78, 5) is 59.4. The van der Waals surface area contributed by atoms with E-state index >= 15 is 0 Å². The first-order valence-corrected chi connectivity index (χ1v) is 27.7. The lowest BCUT2D eigenvalue weighted by molar-refractivity contribution is -0.145. The van der Waals surface area contributed by atoms with Gasteiger partial charge in [-0.25, -0.2) is 19.1 Å². The first kappa shape index (κ1) is 58.8. The number of allylic oxidation sites excluding steroid dienone is 1. The van der Waals surface area contributed by atoms with Crippen LogP contribution in [0.25, 0.3) is 22.3 Å². The molecule has 1 aliphatic carbocycles. The summed E-state index contributed by atoms with van der Waals surface area (Å²) in [6.07, 6.45) is 16.4. The zero-order valence-corrected chi connectivity index (χ0v) is 46.4. The molecule has 7 rings (SSSR count). The van der Waals surface area contributed by atoms with Crippen LogP contribution >= 0.6 is 34.6 Å². The summed E-state index contributed by atoms with van der Waals surface area (Å²) in [5.41, 5.74) is 1.76. The van der Waals surface area contributed by atoms with Gasteiger partial charge in [-0.3, -0.25) is 19.3 Å². The fourth-order valence-corrected chi connectivity index (χ4v) is 12.1. The number of unbranched alkanes of at least 4 members (excludes halogenated alkanes) is 3. The zero-order valence-electron chi connectivity index (χ0n) is 43.9. The van der Waals surface area contributed by atoms with E-state index in [1.54, 1.807) is 32.5 Å². The number of carboxylic acid groups (broad SMARTS) is 1. The summed E-state index contributed by atoms with van der Waals surface area (Å²) in [5, 5.41) is 24.9. The highest BCUT2D eigenvalue weighted by molar-refractivity contribution is 7.98. The minimum atomic E-state index is -1.16. The number of aromatic nitrogens is 2. The molecule has 392 valence electrons. The number of nitrogens with zero attached hydrogens (tertiary/aromatic N) is 5. The van der Waals surface area contributed by atoms with Gasteiger partial charge in [-0.2, -0.15) is 0 Å². The van der Waals surface area contributed by atoms with Crippen LogP contribution in [0.4, 0.5) is 5.13 Å². The Balaban J connectivity index is 0.000000230. The first-order chi connectivity index (χ1) is 34.2. The fraction of sp³-hybridized carbons (Fsp3) is 0.585. The zero-order chi connectivity index (χ0) is 52.1. The van der Waals surface area contributed by atoms with Crippen LogP contribution in [-0.4, -0.2) is 125 Å². The van der Waals surface area contributed by atoms with Crippen LogP contribution in [0.1, 0.15) is 119 Å². The van der Waals surface area contributed by atoms with Crippen LogP contribution in [0, 0.1) is 11.3 Å². The Morgan fingerprint density at radius 2 is 1.75 bits per heavy atom. The Hall–Kier alpha value is -4.75. The number of amides is 3. The molecule has 5 heterocycles. The highest BCUT2D eigenvalue weighted by Crippen LogP contribution is 2.49. The first-order valence-electron chi connectivity index (χ1n) is 25.2. The van der Waals surface area contributed by atoms with E-state index in [1.807, 2.05) is 78.9 Å². The normalized spacial score (nSPS) is 18.2. The topological polar surface area (TPSA) is 178 Å². The number of carboxylic acids is 1. The number of hydrogen-bond donors (Lipinski definition) is 4. The maximum atomic E-state index is 12.7. The predicted octanol–water partition coefficient (Wildman–Crippen LogP) is 10.6. The highest BCUT2D eigenvalue weighted by atomic mass is 32.2. The van der Waals surface area contributed by atoms with Gasteiger partial charge in [0.05, 0.1) is 36.2 Å². The minimum Gasteiger partial charge on any atom is -0.497 e. The van der Waals surface area contributed by atoms with Gasteiger partial charge in [-0.15, -0.1) is 22.7 Å². The van der Waals surface area contributed by atoms with Crippen LogP contribution in [-0.2, 0) is 19.2 Å². The third-order valence-electron chi connectivity index (χ3n) is 13.1. The van der Waals surface area contributed by atoms with Crippen LogP contribution in [0.15, 0.2) is 63.5 Å². The third kappa shape index (κ3) is 15.9. The molecule has 2 saturated heterocycles. The van der Waals surface area contributed by atoms with E-state index in [2.05, 4.69) is 84.5 Å². The molecule has 1 aromatic carbocycles. The monoisotopic (exact) mass is 1040 g/mol. The van der Waals surface area contributed by atoms with Gasteiger partial charge in [-0.1, -0.05) is 84.9 Å². The van der Waals surface area contributed by atoms with Gasteiger partial charge < -0.3 is 35.4 Å². The number of aliphatic carboxylic acids is 1. The second-order valence-electron chi connectivity index (χ2n) is 18.5. The van der Waals surface area contributed by atoms with E-state index in [9.17, 15) is 24.3 Å². The molecule has 3 aromatic heterocycles. The lowest BCUT2D eigenvalue weighted by Crippen LogP contribution is -2.48. The van der Waals surface area contributed by atoms with Crippen molar-refractivity contribution in [2.45, 2.75) is 147 Å². The average Bonchev–Trinajstić information content (AvgIpc) is 3.96. The van der Waals surface area contributed by atoms with Gasteiger partial charge in [0.1, 0.15) is 23.2 Å². The molecule has 15 nitrogen and oxygen atoms in total. The Morgan fingerprint density at radius 1 is 1.00 bits per heavy atom. The number of thiophene rings is 1. The molecular weight excluding hydrogens is 957 g/mol. The molecule has 1 spiro atoms. The van der Waals surface area contributed by atoms with Crippen LogP contribution in [0.3, 0.4) is 0 Å². The number of benzene rings is 1. The molecule has 18 heteroatoms. The lowest BCUT2D eigenvalue weighted by atomic mass is 9.70. The Bertz CT molecular complexity index is 2300. The number of anilines is 1. The molecular formula is C53H80N8O7S3. The number of likely N-dealkylation sites (N-methyl/N-ethyl adjacent to an activating group) is 2. The summed E-state index contributed by atoms with van der Waals surface area (Å²) in [5.74, 6) is -0.585. The number of hydrogen-bond acceptors (Lipinski definition) is 14. The van der Waals surface area contributed by atoms with Gasteiger partial charge in [0, 0.05) is 60.4 Å². The summed E-state index contributed by atoms with van der Waals surface area (Å²) >= 11 is 5.26. The van der Waals surface area contributed by atoms with Crippen molar-refractivity contribution in [1.29, 1.82) is 0 Å². The number of rotatable bonds is 22. The average molecular weight is 1040 g/mol. The lowest BCUT2D eigenvalue weighted by Gasteiger charge is -2.42.